The monoisotopic (exact) mass is 325 g/mol. The molecular weight excluding hydrogens is 314 g/mol. The molecular formula is C12H12BrN3OS. The first kappa shape index (κ1) is 13.0. The van der Waals surface area contributed by atoms with Gasteiger partial charge in [-0.25, -0.2) is 4.98 Å². The number of carbonyl (C=O) groups is 1. The van der Waals surface area contributed by atoms with Gasteiger partial charge < -0.3 is 10.6 Å². The molecule has 4 nitrogen and oxygen atoms in total. The molecule has 0 aliphatic rings. The molecule has 2 aromatic rings. The van der Waals surface area contributed by atoms with E-state index < -0.39 is 0 Å². The van der Waals surface area contributed by atoms with Crippen LogP contribution in [0.25, 0.3) is 0 Å². The van der Waals surface area contributed by atoms with E-state index in [0.29, 0.717) is 17.8 Å². The number of benzene rings is 1. The normalized spacial score (nSPS) is 10.3. The van der Waals surface area contributed by atoms with Crippen LogP contribution in [0, 0.1) is 0 Å². The van der Waals surface area contributed by atoms with Crippen LogP contribution >= 0.6 is 27.3 Å². The van der Waals surface area contributed by atoms with Gasteiger partial charge in [-0.1, -0.05) is 0 Å². The number of hydrogen-bond acceptors (Lipinski definition) is 4. The van der Waals surface area contributed by atoms with Gasteiger partial charge in [0.2, 0.25) is 0 Å². The van der Waals surface area contributed by atoms with E-state index in [1.54, 1.807) is 35.7 Å². The summed E-state index contributed by atoms with van der Waals surface area (Å²) in [4.78, 5) is 17.9. The van der Waals surface area contributed by atoms with E-state index in [1.165, 1.54) is 11.3 Å². The van der Waals surface area contributed by atoms with Crippen molar-refractivity contribution in [1.82, 2.24) is 9.88 Å². The van der Waals surface area contributed by atoms with Crippen LogP contribution in [0.4, 0.5) is 5.69 Å². The minimum absolute atomic E-state index is 0.0674. The van der Waals surface area contributed by atoms with E-state index in [9.17, 15) is 4.79 Å². The number of nitrogen functional groups attached to an aromatic ring is 1. The molecule has 2 rings (SSSR count). The minimum Gasteiger partial charge on any atom is -0.398 e. The van der Waals surface area contributed by atoms with Gasteiger partial charge in [0.15, 0.2) is 0 Å². The molecule has 0 unspecified atom stereocenters. The highest BCUT2D eigenvalue weighted by molar-refractivity contribution is 9.10. The molecule has 0 fully saturated rings. The summed E-state index contributed by atoms with van der Waals surface area (Å²) < 4.78 is 0.793. The zero-order chi connectivity index (χ0) is 13.1. The third kappa shape index (κ3) is 2.88. The van der Waals surface area contributed by atoms with E-state index in [4.69, 9.17) is 5.73 Å². The van der Waals surface area contributed by atoms with Crippen LogP contribution in [0.3, 0.4) is 0 Å². The summed E-state index contributed by atoms with van der Waals surface area (Å²) in [7, 11) is 1.75. The molecule has 1 heterocycles. The number of aromatic nitrogens is 1. The molecule has 0 spiro atoms. The first-order valence-corrected chi connectivity index (χ1v) is 6.99. The Morgan fingerprint density at radius 3 is 2.94 bits per heavy atom. The van der Waals surface area contributed by atoms with E-state index in [-0.39, 0.29) is 5.91 Å². The number of nitrogens with zero attached hydrogens (tertiary/aromatic N) is 2. The number of amides is 1. The molecule has 1 aromatic carbocycles. The summed E-state index contributed by atoms with van der Waals surface area (Å²) in [6.45, 7) is 0.498. The van der Waals surface area contributed by atoms with Crippen molar-refractivity contribution >= 4 is 38.9 Å². The van der Waals surface area contributed by atoms with Crippen molar-refractivity contribution < 1.29 is 4.79 Å². The number of rotatable bonds is 3. The molecule has 0 aliphatic carbocycles. The van der Waals surface area contributed by atoms with Gasteiger partial charge in [0.1, 0.15) is 0 Å². The van der Waals surface area contributed by atoms with Crippen molar-refractivity contribution in [3.05, 3.63) is 44.8 Å². The van der Waals surface area contributed by atoms with Crippen LogP contribution < -0.4 is 5.73 Å². The van der Waals surface area contributed by atoms with Crippen LogP contribution in [-0.2, 0) is 6.54 Å². The lowest BCUT2D eigenvalue weighted by atomic mass is 10.2. The van der Waals surface area contributed by atoms with Gasteiger partial charge in [0.05, 0.1) is 17.7 Å². The molecule has 1 amide bonds. The largest absolute Gasteiger partial charge is 0.398 e. The average molecular weight is 326 g/mol. The third-order valence-corrected chi connectivity index (χ3v) is 3.83. The standard InChI is InChI=1S/C12H12BrN3OS/c1-16(5-9-6-18-7-15-9)12(17)8-2-3-10(13)11(14)4-8/h2-4,6-7H,5,14H2,1H3. The highest BCUT2D eigenvalue weighted by Gasteiger charge is 2.13. The minimum atomic E-state index is -0.0674. The Bertz CT molecular complexity index is 556. The lowest BCUT2D eigenvalue weighted by molar-refractivity contribution is 0.0783. The molecule has 1 aromatic heterocycles. The maximum Gasteiger partial charge on any atom is 0.254 e. The highest BCUT2D eigenvalue weighted by atomic mass is 79.9. The van der Waals surface area contributed by atoms with Crippen LogP contribution in [0.1, 0.15) is 16.1 Å². The van der Waals surface area contributed by atoms with Crippen LogP contribution in [0.2, 0.25) is 0 Å². The second-order valence-electron chi connectivity index (χ2n) is 3.88. The fourth-order valence-electron chi connectivity index (χ4n) is 1.53. The summed E-state index contributed by atoms with van der Waals surface area (Å²) in [5.41, 5.74) is 9.55. The van der Waals surface area contributed by atoms with E-state index in [0.717, 1.165) is 10.2 Å². The number of carbonyl (C=O) groups excluding carboxylic acids is 1. The van der Waals surface area contributed by atoms with Gasteiger partial charge in [0, 0.05) is 28.2 Å². The van der Waals surface area contributed by atoms with Gasteiger partial charge in [-0.2, -0.15) is 0 Å². The summed E-state index contributed by atoms with van der Waals surface area (Å²) in [5.74, 6) is -0.0674. The number of hydrogen-bond donors (Lipinski definition) is 1. The van der Waals surface area contributed by atoms with Crippen LogP contribution in [0.15, 0.2) is 33.6 Å². The molecule has 2 N–H and O–H groups in total. The zero-order valence-corrected chi connectivity index (χ0v) is 12.2. The van der Waals surface area contributed by atoms with E-state index in [1.807, 2.05) is 5.38 Å². The first-order valence-electron chi connectivity index (χ1n) is 5.25. The molecule has 0 bridgehead atoms. The molecule has 0 aliphatic heterocycles. The van der Waals surface area contributed by atoms with Gasteiger partial charge in [-0.05, 0) is 34.1 Å². The van der Waals surface area contributed by atoms with Crippen LogP contribution in [-0.4, -0.2) is 22.8 Å². The maximum atomic E-state index is 12.2. The van der Waals surface area contributed by atoms with Crippen LogP contribution in [0.5, 0.6) is 0 Å². The predicted molar refractivity (Wildman–Crippen MR) is 76.5 cm³/mol. The molecule has 0 atom stereocenters. The fraction of sp³-hybridized carbons (Fsp3) is 0.167. The van der Waals surface area contributed by atoms with Crippen molar-refractivity contribution in [3.8, 4) is 0 Å². The first-order chi connectivity index (χ1) is 8.58. The van der Waals surface area contributed by atoms with Gasteiger partial charge in [-0.3, -0.25) is 4.79 Å². The van der Waals surface area contributed by atoms with Crippen molar-refractivity contribution in [2.45, 2.75) is 6.54 Å². The summed E-state index contributed by atoms with van der Waals surface area (Å²) in [5, 5.41) is 1.93. The molecule has 0 radical (unpaired) electrons. The lowest BCUT2D eigenvalue weighted by Crippen LogP contribution is -2.26. The third-order valence-electron chi connectivity index (χ3n) is 2.47. The number of anilines is 1. The topological polar surface area (TPSA) is 59.2 Å². The van der Waals surface area contributed by atoms with Crippen molar-refractivity contribution in [2.75, 3.05) is 12.8 Å². The van der Waals surface area contributed by atoms with Gasteiger partial charge >= 0.3 is 0 Å². The Morgan fingerprint density at radius 1 is 1.56 bits per heavy atom. The smallest absolute Gasteiger partial charge is 0.254 e. The zero-order valence-electron chi connectivity index (χ0n) is 9.76. The quantitative estimate of drug-likeness (QED) is 0.883. The molecule has 0 saturated heterocycles. The lowest BCUT2D eigenvalue weighted by Gasteiger charge is -2.16. The number of halogens is 1. The SMILES string of the molecule is CN(Cc1cscn1)C(=O)c1ccc(Br)c(N)c1. The summed E-state index contributed by atoms with van der Waals surface area (Å²) in [6.07, 6.45) is 0. The molecule has 0 saturated carbocycles. The number of nitrogens with two attached hydrogens (primary N) is 1. The Morgan fingerprint density at radius 2 is 2.33 bits per heavy atom. The van der Waals surface area contributed by atoms with E-state index >= 15 is 0 Å². The average Bonchev–Trinajstić information content (AvgIpc) is 2.84. The summed E-state index contributed by atoms with van der Waals surface area (Å²) in [6, 6.07) is 5.20. The van der Waals surface area contributed by atoms with Crippen molar-refractivity contribution in [3.63, 3.8) is 0 Å². The Hall–Kier alpha value is -1.40. The molecule has 6 heteroatoms. The second kappa shape index (κ2) is 5.49. The van der Waals surface area contributed by atoms with E-state index in [2.05, 4.69) is 20.9 Å². The Labute approximate surface area is 118 Å². The van der Waals surface area contributed by atoms with Gasteiger partial charge in [0.25, 0.3) is 5.91 Å². The fourth-order valence-corrected chi connectivity index (χ4v) is 2.32. The summed E-state index contributed by atoms with van der Waals surface area (Å²) >= 11 is 4.82. The second-order valence-corrected chi connectivity index (χ2v) is 5.45. The van der Waals surface area contributed by atoms with Gasteiger partial charge in [-0.15, -0.1) is 11.3 Å². The highest BCUT2D eigenvalue weighted by Crippen LogP contribution is 2.21. The van der Waals surface area contributed by atoms with Crippen molar-refractivity contribution in [2.24, 2.45) is 0 Å². The molecule has 18 heavy (non-hydrogen) atoms. The van der Waals surface area contributed by atoms with Crippen molar-refractivity contribution in [1.29, 1.82) is 0 Å². The predicted octanol–water partition coefficient (Wildman–Crippen LogP) is 2.76. The Balaban J connectivity index is 2.12. The number of thiazole rings is 1. The molecule has 94 valence electrons. The maximum absolute atomic E-state index is 12.2. The Kier molecular flexibility index (Phi) is 3.98.